The van der Waals surface area contributed by atoms with Gasteiger partial charge in [-0.2, -0.15) is 0 Å². The normalized spacial score (nSPS) is 14.9. The zero-order chi connectivity index (χ0) is 16.6. The Morgan fingerprint density at radius 2 is 1.38 bits per heavy atom. The first kappa shape index (κ1) is 20.6. The molecule has 0 spiro atoms. The van der Waals surface area contributed by atoms with Crippen LogP contribution in [0.5, 0.6) is 0 Å². The molecule has 21 heavy (non-hydrogen) atoms. The number of aromatic nitrogens is 2. The van der Waals surface area contributed by atoms with Gasteiger partial charge in [-0.3, -0.25) is 0 Å². The van der Waals surface area contributed by atoms with Gasteiger partial charge in [-0.25, -0.2) is 9.13 Å². The van der Waals surface area contributed by atoms with E-state index < -0.39 is 19.5 Å². The second kappa shape index (κ2) is 7.25. The minimum absolute atomic E-state index is 1.17. The Balaban J connectivity index is 0.000000486. The van der Waals surface area contributed by atoms with Gasteiger partial charge >= 0.3 is 36.4 Å². The minimum atomic E-state index is -11.2. The van der Waals surface area contributed by atoms with Gasteiger partial charge in [0.25, 0.3) is 0 Å². The van der Waals surface area contributed by atoms with Crippen LogP contribution in [0.15, 0.2) is 18.7 Å². The fourth-order valence-electron chi connectivity index (χ4n) is 1.71. The molecule has 0 aliphatic carbocycles. The van der Waals surface area contributed by atoms with Crippen molar-refractivity contribution in [1.29, 1.82) is 0 Å². The van der Waals surface area contributed by atoms with Gasteiger partial charge in [0.1, 0.15) is 12.4 Å². The number of rotatable bonds is 7. The summed E-state index contributed by atoms with van der Waals surface area (Å²) in [5.41, 5.74) is 0. The molecular formula is C12H23F6N2Sb. The molecule has 0 fully saturated rings. The fourth-order valence-corrected chi connectivity index (χ4v) is 1.71. The Hall–Kier alpha value is -0.392. The molecule has 0 amide bonds. The van der Waals surface area contributed by atoms with Crippen molar-refractivity contribution in [3.05, 3.63) is 18.7 Å². The molecule has 1 aromatic heterocycles. The van der Waals surface area contributed by atoms with Crippen LogP contribution in [0.1, 0.15) is 45.4 Å². The van der Waals surface area contributed by atoms with Crippen molar-refractivity contribution in [2.75, 3.05) is 0 Å². The summed E-state index contributed by atoms with van der Waals surface area (Å²) in [4.78, 5) is 0. The van der Waals surface area contributed by atoms with Crippen LogP contribution < -0.4 is 4.57 Å². The molecule has 0 atom stereocenters. The molecular weight excluding hydrogens is 408 g/mol. The zero-order valence-electron chi connectivity index (χ0n) is 12.3. The third-order valence-corrected chi connectivity index (χ3v) is 2.59. The molecule has 9 heteroatoms. The maximum absolute atomic E-state index is 11.2. The average Bonchev–Trinajstić information content (AvgIpc) is 2.65. The number of hydrogen-bond donors (Lipinski definition) is 0. The molecule has 0 unspecified atom stereocenters. The molecule has 1 rings (SSSR count). The average molecular weight is 431 g/mol. The zero-order valence-corrected chi connectivity index (χ0v) is 14.8. The molecule has 2 nitrogen and oxygen atoms in total. The third-order valence-electron chi connectivity index (χ3n) is 2.59. The summed E-state index contributed by atoms with van der Waals surface area (Å²) in [7, 11) is 2.07. The van der Waals surface area contributed by atoms with Gasteiger partial charge in [0.05, 0.1) is 13.6 Å². The van der Waals surface area contributed by atoms with E-state index in [1.807, 2.05) is 0 Å². The molecule has 0 aliphatic heterocycles. The number of imidazole rings is 1. The van der Waals surface area contributed by atoms with E-state index in [9.17, 15) is 16.9 Å². The molecule has 0 bridgehead atoms. The van der Waals surface area contributed by atoms with Gasteiger partial charge < -0.3 is 0 Å². The number of halogens is 6. The number of hydrogen-bond acceptors (Lipinski definition) is 0. The van der Waals surface area contributed by atoms with Crippen molar-refractivity contribution in [1.82, 2.24) is 4.57 Å². The van der Waals surface area contributed by atoms with Gasteiger partial charge in [-0.1, -0.05) is 32.6 Å². The van der Waals surface area contributed by atoms with Crippen LogP contribution in [0.2, 0.25) is 0 Å². The molecule has 0 aromatic carbocycles. The van der Waals surface area contributed by atoms with E-state index in [-0.39, 0.29) is 0 Å². The fraction of sp³-hybridized carbons (Fsp3) is 0.750. The quantitative estimate of drug-likeness (QED) is 0.254. The van der Waals surface area contributed by atoms with E-state index in [0.29, 0.717) is 0 Å². The SMILES string of the molecule is CCCCCCCCn1cc[n+](C)c1.[F][Sb-]([F])([F])([F])([F])[F]. The molecule has 1 heterocycles. The van der Waals surface area contributed by atoms with Crippen LogP contribution in [-0.2, 0) is 13.6 Å². The van der Waals surface area contributed by atoms with Crippen molar-refractivity contribution in [2.24, 2.45) is 7.05 Å². The van der Waals surface area contributed by atoms with Gasteiger partial charge in [-0.15, -0.1) is 0 Å². The molecule has 0 N–H and O–H groups in total. The monoisotopic (exact) mass is 430 g/mol. The molecule has 0 saturated heterocycles. The summed E-state index contributed by atoms with van der Waals surface area (Å²) in [6.45, 7) is 3.44. The van der Waals surface area contributed by atoms with Crippen molar-refractivity contribution in [3.8, 4) is 0 Å². The number of unbranched alkanes of at least 4 members (excludes halogenated alkanes) is 5. The molecule has 0 saturated carbocycles. The Labute approximate surface area is 123 Å². The predicted octanol–water partition coefficient (Wildman–Crippen LogP) is 4.81. The Bertz CT molecular complexity index is 400. The Morgan fingerprint density at radius 1 is 0.905 bits per heavy atom. The summed E-state index contributed by atoms with van der Waals surface area (Å²) >= 11 is -11.2. The van der Waals surface area contributed by atoms with Crippen molar-refractivity contribution in [2.45, 2.75) is 52.0 Å². The molecule has 1 aromatic rings. The first-order valence-electron chi connectivity index (χ1n) is 6.85. The van der Waals surface area contributed by atoms with E-state index in [0.717, 1.165) is 0 Å². The van der Waals surface area contributed by atoms with Crippen LogP contribution in [0.25, 0.3) is 0 Å². The second-order valence-electron chi connectivity index (χ2n) is 5.04. The van der Waals surface area contributed by atoms with Gasteiger partial charge in [0, 0.05) is 0 Å². The van der Waals surface area contributed by atoms with Crippen molar-refractivity contribution >= 4 is 19.5 Å². The second-order valence-corrected chi connectivity index (χ2v) is 10.5. The topological polar surface area (TPSA) is 8.81 Å². The number of aryl methyl sites for hydroxylation is 2. The Kier molecular flexibility index (Phi) is 7.11. The van der Waals surface area contributed by atoms with Crippen molar-refractivity contribution in [3.63, 3.8) is 0 Å². The molecule has 128 valence electrons. The summed E-state index contributed by atoms with van der Waals surface area (Å²) < 4.78 is 63.9. The van der Waals surface area contributed by atoms with Gasteiger partial charge in [-0.05, 0) is 12.8 Å². The molecule has 0 aliphatic rings. The van der Waals surface area contributed by atoms with Crippen LogP contribution in [-0.4, -0.2) is 24.0 Å². The summed E-state index contributed by atoms with van der Waals surface area (Å²) in [6.07, 6.45) is 14.6. The summed E-state index contributed by atoms with van der Waals surface area (Å²) in [5.74, 6) is 0. The first-order valence-corrected chi connectivity index (χ1v) is 12.6. The van der Waals surface area contributed by atoms with Crippen LogP contribution in [0, 0.1) is 0 Å². The van der Waals surface area contributed by atoms with Gasteiger partial charge in [0.2, 0.25) is 6.33 Å². The van der Waals surface area contributed by atoms with Crippen LogP contribution in [0.4, 0.5) is 16.9 Å². The summed E-state index contributed by atoms with van der Waals surface area (Å²) in [6, 6.07) is 0. The third kappa shape index (κ3) is 22.0. The first-order chi connectivity index (χ1) is 9.28. The standard InChI is InChI=1S/C12H23N2.6FH.Sb/c1-3-4-5-6-7-8-9-14-11-10-13(2)12-14;;;;;;;/h10-12H,3-9H2,1-2H3;6*1H;/q+1;;;;;;;+5/p-6. The van der Waals surface area contributed by atoms with Crippen LogP contribution >= 0.6 is 0 Å². The number of nitrogens with zero attached hydrogens (tertiary/aromatic N) is 2. The van der Waals surface area contributed by atoms with E-state index in [1.165, 1.54) is 45.1 Å². The maximum atomic E-state index is 9.93. The van der Waals surface area contributed by atoms with E-state index in [1.54, 1.807) is 0 Å². The van der Waals surface area contributed by atoms with E-state index in [4.69, 9.17) is 0 Å². The van der Waals surface area contributed by atoms with Gasteiger partial charge in [0.15, 0.2) is 0 Å². The van der Waals surface area contributed by atoms with Crippen molar-refractivity contribution < 1.29 is 21.4 Å². The molecule has 0 radical (unpaired) electrons. The van der Waals surface area contributed by atoms with Crippen LogP contribution in [0.3, 0.4) is 0 Å². The van der Waals surface area contributed by atoms with E-state index >= 15 is 0 Å². The summed E-state index contributed by atoms with van der Waals surface area (Å²) in [5, 5.41) is 0. The predicted molar refractivity (Wildman–Crippen MR) is 71.4 cm³/mol. The Morgan fingerprint density at radius 3 is 1.81 bits per heavy atom. The van der Waals surface area contributed by atoms with E-state index in [2.05, 4.69) is 41.8 Å².